The molecular weight excluding hydrogens is 261 g/mol. The van der Waals surface area contributed by atoms with E-state index in [9.17, 15) is 13.2 Å². The summed E-state index contributed by atoms with van der Waals surface area (Å²) in [5, 5.41) is -0.576. The highest BCUT2D eigenvalue weighted by molar-refractivity contribution is 6.21. The van der Waals surface area contributed by atoms with Crippen molar-refractivity contribution >= 4 is 11.6 Å². The van der Waals surface area contributed by atoms with Crippen molar-refractivity contribution in [3.05, 3.63) is 35.1 Å². The SMILES string of the molecule is CC1CCC(C(Cl)c2cc(F)c(F)cc2F)CC1. The highest BCUT2D eigenvalue weighted by atomic mass is 35.5. The normalized spacial score (nSPS) is 26.1. The van der Waals surface area contributed by atoms with Gasteiger partial charge in [-0.1, -0.05) is 19.8 Å². The van der Waals surface area contributed by atoms with E-state index >= 15 is 0 Å². The van der Waals surface area contributed by atoms with Gasteiger partial charge in [0.1, 0.15) is 5.82 Å². The van der Waals surface area contributed by atoms with Crippen LogP contribution in [-0.2, 0) is 0 Å². The molecule has 1 saturated carbocycles. The molecule has 0 aliphatic heterocycles. The Morgan fingerprint density at radius 2 is 1.56 bits per heavy atom. The van der Waals surface area contributed by atoms with E-state index in [-0.39, 0.29) is 11.5 Å². The Kier molecular flexibility index (Phi) is 4.21. The van der Waals surface area contributed by atoms with Gasteiger partial charge in [-0.3, -0.25) is 0 Å². The van der Waals surface area contributed by atoms with E-state index in [0.29, 0.717) is 12.0 Å². The molecule has 0 bridgehead atoms. The molecule has 1 aromatic carbocycles. The minimum atomic E-state index is -1.17. The van der Waals surface area contributed by atoms with Gasteiger partial charge in [0.15, 0.2) is 11.6 Å². The summed E-state index contributed by atoms with van der Waals surface area (Å²) in [7, 11) is 0. The molecule has 100 valence electrons. The number of alkyl halides is 1. The van der Waals surface area contributed by atoms with Gasteiger partial charge in [-0.25, -0.2) is 13.2 Å². The summed E-state index contributed by atoms with van der Waals surface area (Å²) in [6.45, 7) is 2.18. The van der Waals surface area contributed by atoms with E-state index < -0.39 is 22.8 Å². The van der Waals surface area contributed by atoms with Gasteiger partial charge in [0.05, 0.1) is 5.38 Å². The first-order chi connectivity index (χ1) is 8.49. The summed E-state index contributed by atoms with van der Waals surface area (Å²) in [4.78, 5) is 0. The van der Waals surface area contributed by atoms with E-state index in [1.165, 1.54) is 0 Å². The lowest BCUT2D eigenvalue weighted by molar-refractivity contribution is 0.281. The molecule has 0 saturated heterocycles. The molecule has 1 aliphatic carbocycles. The topological polar surface area (TPSA) is 0 Å². The second-order valence-electron chi connectivity index (χ2n) is 5.21. The van der Waals surface area contributed by atoms with E-state index in [0.717, 1.165) is 31.7 Å². The molecule has 18 heavy (non-hydrogen) atoms. The van der Waals surface area contributed by atoms with E-state index in [1.807, 2.05) is 0 Å². The second-order valence-corrected chi connectivity index (χ2v) is 5.68. The maximum Gasteiger partial charge on any atom is 0.161 e. The minimum absolute atomic E-state index is 0.0788. The van der Waals surface area contributed by atoms with Crippen LogP contribution in [0, 0.1) is 29.3 Å². The van der Waals surface area contributed by atoms with Crippen molar-refractivity contribution in [2.45, 2.75) is 38.0 Å². The molecule has 0 radical (unpaired) electrons. The van der Waals surface area contributed by atoms with Gasteiger partial charge in [0.2, 0.25) is 0 Å². The summed E-state index contributed by atoms with van der Waals surface area (Å²) >= 11 is 6.23. The van der Waals surface area contributed by atoms with Crippen molar-refractivity contribution in [2.75, 3.05) is 0 Å². The van der Waals surface area contributed by atoms with Crippen LogP contribution in [0.25, 0.3) is 0 Å². The lowest BCUT2D eigenvalue weighted by atomic mass is 9.80. The van der Waals surface area contributed by atoms with Crippen molar-refractivity contribution in [1.29, 1.82) is 0 Å². The summed E-state index contributed by atoms with van der Waals surface area (Å²) < 4.78 is 39.6. The lowest BCUT2D eigenvalue weighted by Gasteiger charge is -2.29. The van der Waals surface area contributed by atoms with Gasteiger partial charge in [-0.05, 0) is 30.7 Å². The zero-order valence-corrected chi connectivity index (χ0v) is 11.0. The van der Waals surface area contributed by atoms with Crippen LogP contribution in [0.1, 0.15) is 43.5 Å². The van der Waals surface area contributed by atoms with Crippen LogP contribution in [0.15, 0.2) is 12.1 Å². The fraction of sp³-hybridized carbons (Fsp3) is 0.571. The second kappa shape index (κ2) is 5.52. The Bertz CT molecular complexity index is 425. The summed E-state index contributed by atoms with van der Waals surface area (Å²) in [6.07, 6.45) is 3.93. The monoisotopic (exact) mass is 276 g/mol. The molecule has 0 nitrogen and oxygen atoms in total. The van der Waals surface area contributed by atoms with Gasteiger partial charge < -0.3 is 0 Å². The van der Waals surface area contributed by atoms with Gasteiger partial charge >= 0.3 is 0 Å². The first-order valence-corrected chi connectivity index (χ1v) is 6.71. The third-order valence-electron chi connectivity index (χ3n) is 3.81. The number of hydrogen-bond acceptors (Lipinski definition) is 0. The quantitative estimate of drug-likeness (QED) is 0.514. The molecule has 1 aliphatic rings. The van der Waals surface area contributed by atoms with E-state index in [1.54, 1.807) is 0 Å². The van der Waals surface area contributed by atoms with Gasteiger partial charge in [0, 0.05) is 11.6 Å². The Morgan fingerprint density at radius 1 is 1.00 bits per heavy atom. The third-order valence-corrected chi connectivity index (χ3v) is 4.40. The average molecular weight is 277 g/mol. The summed E-state index contributed by atoms with van der Waals surface area (Å²) in [5.74, 6) is -2.16. The van der Waals surface area contributed by atoms with Crippen LogP contribution in [0.4, 0.5) is 13.2 Å². The summed E-state index contributed by atoms with van der Waals surface area (Å²) in [5.41, 5.74) is 0.0788. The van der Waals surface area contributed by atoms with Crippen LogP contribution < -0.4 is 0 Å². The van der Waals surface area contributed by atoms with Crippen LogP contribution in [0.2, 0.25) is 0 Å². The van der Waals surface area contributed by atoms with Gasteiger partial charge in [-0.2, -0.15) is 0 Å². The first-order valence-electron chi connectivity index (χ1n) is 6.27. The Hall–Kier alpha value is -0.700. The third kappa shape index (κ3) is 2.82. The fourth-order valence-corrected chi connectivity index (χ4v) is 3.00. The first kappa shape index (κ1) is 13.7. The molecule has 0 N–H and O–H groups in total. The van der Waals surface area contributed by atoms with Crippen molar-refractivity contribution in [2.24, 2.45) is 11.8 Å². The smallest absolute Gasteiger partial charge is 0.161 e. The predicted octanol–water partition coefficient (Wildman–Crippen LogP) is 5.21. The predicted molar refractivity (Wildman–Crippen MR) is 66.0 cm³/mol. The van der Waals surface area contributed by atoms with E-state index in [2.05, 4.69) is 6.92 Å². The highest BCUT2D eigenvalue weighted by Crippen LogP contribution is 2.41. The molecule has 0 heterocycles. The molecule has 0 amide bonds. The van der Waals surface area contributed by atoms with Crippen LogP contribution in [0.5, 0.6) is 0 Å². The maximum absolute atomic E-state index is 13.6. The van der Waals surface area contributed by atoms with Crippen molar-refractivity contribution < 1.29 is 13.2 Å². The molecule has 0 aromatic heterocycles. The molecule has 0 spiro atoms. The van der Waals surface area contributed by atoms with Crippen LogP contribution in [0.3, 0.4) is 0 Å². The zero-order valence-electron chi connectivity index (χ0n) is 10.2. The van der Waals surface area contributed by atoms with Gasteiger partial charge in [0.25, 0.3) is 0 Å². The number of rotatable bonds is 2. The van der Waals surface area contributed by atoms with Crippen molar-refractivity contribution in [1.82, 2.24) is 0 Å². The number of halogens is 4. The standard InChI is InChI=1S/C14H16ClF3/c1-8-2-4-9(5-3-8)14(15)10-6-12(17)13(18)7-11(10)16/h6-9,14H,2-5H2,1H3. The molecule has 4 heteroatoms. The fourth-order valence-electron chi connectivity index (χ4n) is 2.58. The molecule has 2 rings (SSSR count). The van der Waals surface area contributed by atoms with Crippen LogP contribution >= 0.6 is 11.6 Å². The van der Waals surface area contributed by atoms with Crippen molar-refractivity contribution in [3.8, 4) is 0 Å². The largest absolute Gasteiger partial charge is 0.207 e. The Labute approximate surface area is 110 Å². The number of hydrogen-bond donors (Lipinski definition) is 0. The van der Waals surface area contributed by atoms with Crippen LogP contribution in [-0.4, -0.2) is 0 Å². The Balaban J connectivity index is 2.18. The zero-order chi connectivity index (χ0) is 13.3. The highest BCUT2D eigenvalue weighted by Gasteiger charge is 2.28. The molecule has 1 unspecified atom stereocenters. The average Bonchev–Trinajstić information content (AvgIpc) is 2.34. The molecular formula is C14H16ClF3. The maximum atomic E-state index is 13.6. The molecule has 1 atom stereocenters. The Morgan fingerprint density at radius 3 is 2.17 bits per heavy atom. The van der Waals surface area contributed by atoms with E-state index in [4.69, 9.17) is 11.6 Å². The van der Waals surface area contributed by atoms with Crippen molar-refractivity contribution in [3.63, 3.8) is 0 Å². The number of benzene rings is 1. The summed E-state index contributed by atoms with van der Waals surface area (Å²) in [6, 6.07) is 1.46. The molecule has 1 fully saturated rings. The minimum Gasteiger partial charge on any atom is -0.207 e. The van der Waals surface area contributed by atoms with Gasteiger partial charge in [-0.15, -0.1) is 11.6 Å². The molecule has 1 aromatic rings. The lowest BCUT2D eigenvalue weighted by Crippen LogP contribution is -2.17.